The quantitative estimate of drug-likeness (QED) is 0.797. The molecule has 5 heteroatoms. The van der Waals surface area contributed by atoms with Gasteiger partial charge in [0.1, 0.15) is 23.7 Å². The molecule has 1 atom stereocenters. The van der Waals surface area contributed by atoms with Crippen LogP contribution in [0.2, 0.25) is 0 Å². The van der Waals surface area contributed by atoms with Crippen LogP contribution in [0.25, 0.3) is 10.8 Å². The lowest BCUT2D eigenvalue weighted by Crippen LogP contribution is -2.03. The number of hydrogen-bond donors (Lipinski definition) is 1. The second-order valence-corrected chi connectivity index (χ2v) is 4.97. The maximum Gasteiger partial charge on any atom is 0.145 e. The van der Waals surface area contributed by atoms with Crippen LogP contribution in [0, 0.1) is 6.92 Å². The van der Waals surface area contributed by atoms with Gasteiger partial charge in [-0.15, -0.1) is 0 Å². The van der Waals surface area contributed by atoms with Gasteiger partial charge in [0.2, 0.25) is 0 Å². The molecule has 0 fully saturated rings. The van der Waals surface area contributed by atoms with Crippen molar-refractivity contribution >= 4 is 10.8 Å². The predicted octanol–water partition coefficient (Wildman–Crippen LogP) is 3.16. The molecule has 1 aromatic heterocycles. The van der Waals surface area contributed by atoms with Crippen LogP contribution in [-0.4, -0.2) is 15.4 Å². The molecule has 5 nitrogen and oxygen atoms in total. The lowest BCUT2D eigenvalue weighted by atomic mass is 10.0. The third-order valence-corrected chi connectivity index (χ3v) is 3.46. The number of aryl methyl sites for hydroxylation is 1. The van der Waals surface area contributed by atoms with E-state index in [0.717, 1.165) is 16.3 Å². The van der Waals surface area contributed by atoms with Crippen molar-refractivity contribution in [1.82, 2.24) is 10.3 Å². The molecule has 0 aliphatic carbocycles. The Morgan fingerprint density at radius 1 is 1.19 bits per heavy atom. The van der Waals surface area contributed by atoms with E-state index >= 15 is 0 Å². The van der Waals surface area contributed by atoms with Gasteiger partial charge in [-0.25, -0.2) is 4.63 Å². The number of rotatable bonds is 4. The van der Waals surface area contributed by atoms with Crippen molar-refractivity contribution in [3.8, 4) is 5.75 Å². The molecular weight excluding hydrogens is 268 g/mol. The summed E-state index contributed by atoms with van der Waals surface area (Å²) in [6.45, 7) is 3.79. The Morgan fingerprint density at radius 2 is 2.00 bits per heavy atom. The molecule has 0 saturated heterocycles. The molecule has 1 N–H and O–H groups in total. The van der Waals surface area contributed by atoms with E-state index < -0.39 is 6.10 Å². The summed E-state index contributed by atoms with van der Waals surface area (Å²) in [7, 11) is 0. The first-order chi connectivity index (χ1) is 10.2. The molecule has 0 bridgehead atoms. The highest BCUT2D eigenvalue weighted by Crippen LogP contribution is 2.34. The van der Waals surface area contributed by atoms with Crippen LogP contribution in [0.4, 0.5) is 0 Å². The van der Waals surface area contributed by atoms with Gasteiger partial charge in [0, 0.05) is 10.9 Å². The van der Waals surface area contributed by atoms with Gasteiger partial charge in [-0.1, -0.05) is 46.7 Å². The van der Waals surface area contributed by atoms with Gasteiger partial charge in [-0.2, -0.15) is 0 Å². The molecule has 0 radical (unpaired) electrons. The van der Waals surface area contributed by atoms with E-state index in [1.807, 2.05) is 43.3 Å². The van der Waals surface area contributed by atoms with Crippen LogP contribution in [-0.2, 0) is 6.61 Å². The number of benzene rings is 2. The maximum absolute atomic E-state index is 9.95. The fourth-order valence-electron chi connectivity index (χ4n) is 2.27. The fraction of sp³-hybridized carbons (Fsp3) is 0.250. The van der Waals surface area contributed by atoms with Crippen molar-refractivity contribution in [2.45, 2.75) is 26.6 Å². The Bertz CT molecular complexity index is 765. The maximum atomic E-state index is 9.95. The molecule has 0 unspecified atom stereocenters. The molecule has 0 saturated carbocycles. The molecule has 108 valence electrons. The lowest BCUT2D eigenvalue weighted by Gasteiger charge is -2.15. The van der Waals surface area contributed by atoms with Crippen LogP contribution in [0.15, 0.2) is 41.0 Å². The summed E-state index contributed by atoms with van der Waals surface area (Å²) in [5.41, 5.74) is 2.11. The van der Waals surface area contributed by atoms with Crippen LogP contribution < -0.4 is 4.74 Å². The zero-order valence-corrected chi connectivity index (χ0v) is 11.9. The molecule has 2 aromatic carbocycles. The summed E-state index contributed by atoms with van der Waals surface area (Å²) in [6.07, 6.45) is -0.610. The zero-order valence-electron chi connectivity index (χ0n) is 11.9. The van der Waals surface area contributed by atoms with Gasteiger partial charge in [0.15, 0.2) is 0 Å². The number of aliphatic hydroxyl groups excluding tert-OH is 1. The highest BCUT2D eigenvalue weighted by Gasteiger charge is 2.14. The third kappa shape index (κ3) is 2.60. The first kappa shape index (κ1) is 13.6. The minimum absolute atomic E-state index is 0.253. The number of fused-ring (bicyclic) bond motifs is 1. The van der Waals surface area contributed by atoms with Gasteiger partial charge >= 0.3 is 0 Å². The van der Waals surface area contributed by atoms with Gasteiger partial charge in [-0.05, 0) is 19.2 Å². The lowest BCUT2D eigenvalue weighted by molar-refractivity contribution is 0.190. The number of ether oxygens (including phenoxy) is 1. The van der Waals surface area contributed by atoms with Crippen molar-refractivity contribution in [3.63, 3.8) is 0 Å². The Kier molecular flexibility index (Phi) is 3.58. The van der Waals surface area contributed by atoms with E-state index in [9.17, 15) is 5.11 Å². The summed E-state index contributed by atoms with van der Waals surface area (Å²) in [5.74, 6) is 0.672. The van der Waals surface area contributed by atoms with Crippen LogP contribution in [0.5, 0.6) is 5.75 Å². The first-order valence-corrected chi connectivity index (χ1v) is 6.77. The number of aliphatic hydroxyl groups is 1. The number of nitrogens with zero attached hydrogens (tertiary/aromatic N) is 2. The molecule has 1 heterocycles. The summed E-state index contributed by atoms with van der Waals surface area (Å²) < 4.78 is 10.6. The zero-order chi connectivity index (χ0) is 14.8. The standard InChI is InChI=1S/C16H16N2O3/c1-10-15(18-21-17-10)9-20-16-13(11(2)19)8-7-12-5-3-4-6-14(12)16/h3-8,11,19H,9H2,1-2H3/t11-/m1/s1. The van der Waals surface area contributed by atoms with Crippen molar-refractivity contribution in [2.24, 2.45) is 0 Å². The molecule has 21 heavy (non-hydrogen) atoms. The molecule has 3 rings (SSSR count). The molecule has 0 spiro atoms. The minimum Gasteiger partial charge on any atom is -0.486 e. The summed E-state index contributed by atoms with van der Waals surface area (Å²) in [6, 6.07) is 11.8. The Morgan fingerprint density at radius 3 is 2.71 bits per heavy atom. The molecule has 3 aromatic rings. The van der Waals surface area contributed by atoms with E-state index in [1.54, 1.807) is 6.92 Å². The smallest absolute Gasteiger partial charge is 0.145 e. The SMILES string of the molecule is Cc1nonc1COc1c([C@@H](C)O)ccc2ccccc12. The van der Waals surface area contributed by atoms with Gasteiger partial charge in [0.25, 0.3) is 0 Å². The second kappa shape index (κ2) is 5.54. The van der Waals surface area contributed by atoms with Crippen LogP contribution in [0.1, 0.15) is 30.0 Å². The van der Waals surface area contributed by atoms with Gasteiger partial charge in [0.05, 0.1) is 6.10 Å². The largest absolute Gasteiger partial charge is 0.486 e. The van der Waals surface area contributed by atoms with Crippen molar-refractivity contribution in [2.75, 3.05) is 0 Å². The third-order valence-electron chi connectivity index (χ3n) is 3.46. The van der Waals surface area contributed by atoms with Gasteiger partial charge in [-0.3, -0.25) is 0 Å². The molecule has 0 aliphatic rings. The van der Waals surface area contributed by atoms with E-state index in [1.165, 1.54) is 0 Å². The van der Waals surface area contributed by atoms with Crippen LogP contribution in [0.3, 0.4) is 0 Å². The summed E-state index contributed by atoms with van der Waals surface area (Å²) in [5, 5.41) is 19.5. The fourth-order valence-corrected chi connectivity index (χ4v) is 2.27. The highest BCUT2D eigenvalue weighted by molar-refractivity contribution is 5.89. The van der Waals surface area contributed by atoms with E-state index in [-0.39, 0.29) is 6.61 Å². The van der Waals surface area contributed by atoms with Crippen LogP contribution >= 0.6 is 0 Å². The average molecular weight is 284 g/mol. The number of hydrogen-bond acceptors (Lipinski definition) is 5. The average Bonchev–Trinajstić information content (AvgIpc) is 2.89. The Labute approximate surface area is 122 Å². The minimum atomic E-state index is -0.610. The monoisotopic (exact) mass is 284 g/mol. The Balaban J connectivity index is 2.02. The topological polar surface area (TPSA) is 68.4 Å². The molecular formula is C16H16N2O3. The van der Waals surface area contributed by atoms with E-state index in [4.69, 9.17) is 4.74 Å². The van der Waals surface area contributed by atoms with Gasteiger partial charge < -0.3 is 9.84 Å². The highest BCUT2D eigenvalue weighted by atomic mass is 16.6. The second-order valence-electron chi connectivity index (χ2n) is 4.97. The molecule has 0 amide bonds. The molecule has 0 aliphatic heterocycles. The predicted molar refractivity (Wildman–Crippen MR) is 77.9 cm³/mol. The number of aromatic nitrogens is 2. The van der Waals surface area contributed by atoms with E-state index in [2.05, 4.69) is 14.9 Å². The Hall–Kier alpha value is -2.40. The van der Waals surface area contributed by atoms with Crippen molar-refractivity contribution < 1.29 is 14.5 Å². The summed E-state index contributed by atoms with van der Waals surface area (Å²) >= 11 is 0. The van der Waals surface area contributed by atoms with E-state index in [0.29, 0.717) is 17.1 Å². The van der Waals surface area contributed by atoms with Crippen molar-refractivity contribution in [1.29, 1.82) is 0 Å². The first-order valence-electron chi connectivity index (χ1n) is 6.77. The van der Waals surface area contributed by atoms with Crippen molar-refractivity contribution in [3.05, 3.63) is 53.3 Å². The normalized spacial score (nSPS) is 12.5. The summed E-state index contributed by atoms with van der Waals surface area (Å²) in [4.78, 5) is 0.